The highest BCUT2D eigenvalue weighted by atomic mass is 35.5. The number of aromatic nitrogens is 2. The maximum Gasteiger partial charge on any atom is 0.325 e. The summed E-state index contributed by atoms with van der Waals surface area (Å²) in [6, 6.07) is 13.2. The zero-order valence-corrected chi connectivity index (χ0v) is 11.5. The molecule has 20 heavy (non-hydrogen) atoms. The third kappa shape index (κ3) is 2.38. The van der Waals surface area contributed by atoms with Crippen molar-refractivity contribution in [3.8, 4) is 17.6 Å². The predicted molar refractivity (Wildman–Crippen MR) is 77.6 cm³/mol. The first kappa shape index (κ1) is 12.7. The van der Waals surface area contributed by atoms with Crippen LogP contribution in [0.2, 0.25) is 5.02 Å². The van der Waals surface area contributed by atoms with Crippen LogP contribution in [0.3, 0.4) is 0 Å². The van der Waals surface area contributed by atoms with Gasteiger partial charge in [0, 0.05) is 28.1 Å². The summed E-state index contributed by atoms with van der Waals surface area (Å²) in [5, 5.41) is 2.51. The minimum Gasteiger partial charge on any atom is -0.481 e. The van der Waals surface area contributed by atoms with E-state index in [0.29, 0.717) is 16.7 Å². The molecule has 0 saturated heterocycles. The van der Waals surface area contributed by atoms with Crippen molar-refractivity contribution in [2.75, 3.05) is 7.11 Å². The third-order valence-electron chi connectivity index (χ3n) is 2.85. The molecule has 100 valence electrons. The second-order valence-corrected chi connectivity index (χ2v) is 4.48. The summed E-state index contributed by atoms with van der Waals surface area (Å²) in [5.74, 6) is 1.10. The van der Waals surface area contributed by atoms with Crippen LogP contribution in [0.25, 0.3) is 10.8 Å². The minimum atomic E-state index is 0.233. The molecule has 0 aliphatic carbocycles. The maximum absolute atomic E-state index is 6.17. The molecule has 1 heterocycles. The third-order valence-corrected chi connectivity index (χ3v) is 3.18. The van der Waals surface area contributed by atoms with Gasteiger partial charge in [-0.3, -0.25) is 0 Å². The number of rotatable bonds is 3. The van der Waals surface area contributed by atoms with Crippen molar-refractivity contribution in [1.82, 2.24) is 9.97 Å². The highest BCUT2D eigenvalue weighted by Crippen LogP contribution is 2.33. The summed E-state index contributed by atoms with van der Waals surface area (Å²) in [5.41, 5.74) is 0. The standard InChI is InChI=1S/C15H11ClN2O2/c1-19-14-8-9-17-15(18-14)20-13-7-6-12(16)10-4-2-3-5-11(10)13/h2-9H,1H3. The van der Waals surface area contributed by atoms with Crippen LogP contribution in [0.5, 0.6) is 17.6 Å². The van der Waals surface area contributed by atoms with Gasteiger partial charge in [0.05, 0.1) is 7.11 Å². The second-order valence-electron chi connectivity index (χ2n) is 4.07. The Morgan fingerprint density at radius 3 is 2.60 bits per heavy atom. The van der Waals surface area contributed by atoms with E-state index in [9.17, 15) is 0 Å². The van der Waals surface area contributed by atoms with Gasteiger partial charge in [0.25, 0.3) is 0 Å². The first-order valence-electron chi connectivity index (χ1n) is 6.00. The zero-order valence-electron chi connectivity index (χ0n) is 10.7. The molecule has 4 nitrogen and oxygen atoms in total. The lowest BCUT2D eigenvalue weighted by Crippen LogP contribution is -1.94. The Morgan fingerprint density at radius 2 is 1.80 bits per heavy atom. The molecule has 0 fully saturated rings. The summed E-state index contributed by atoms with van der Waals surface area (Å²) in [4.78, 5) is 8.19. The van der Waals surface area contributed by atoms with Crippen molar-refractivity contribution in [3.63, 3.8) is 0 Å². The van der Waals surface area contributed by atoms with Crippen molar-refractivity contribution >= 4 is 22.4 Å². The molecule has 0 aliphatic rings. The molecule has 1 aromatic heterocycles. The van der Waals surface area contributed by atoms with Crippen molar-refractivity contribution in [1.29, 1.82) is 0 Å². The topological polar surface area (TPSA) is 44.2 Å². The summed E-state index contributed by atoms with van der Waals surface area (Å²) in [6.45, 7) is 0. The number of methoxy groups -OCH3 is 1. The molecule has 3 aromatic rings. The van der Waals surface area contributed by atoms with Gasteiger partial charge in [-0.2, -0.15) is 4.98 Å². The number of hydrogen-bond acceptors (Lipinski definition) is 4. The Bertz CT molecular complexity index is 762. The average molecular weight is 287 g/mol. The van der Waals surface area contributed by atoms with Crippen LogP contribution in [0.1, 0.15) is 0 Å². The van der Waals surface area contributed by atoms with Crippen LogP contribution in [0.15, 0.2) is 48.7 Å². The number of ether oxygens (including phenoxy) is 2. The van der Waals surface area contributed by atoms with E-state index in [0.717, 1.165) is 10.8 Å². The molecule has 3 rings (SSSR count). The Hall–Kier alpha value is -2.33. The first-order valence-corrected chi connectivity index (χ1v) is 6.38. The molecule has 0 amide bonds. The molecule has 0 atom stereocenters. The maximum atomic E-state index is 6.17. The Labute approximate surface area is 121 Å². The number of fused-ring (bicyclic) bond motifs is 1. The number of benzene rings is 2. The summed E-state index contributed by atoms with van der Waals surface area (Å²) in [6.07, 6.45) is 1.58. The van der Waals surface area contributed by atoms with Gasteiger partial charge in [0.1, 0.15) is 5.75 Å². The van der Waals surface area contributed by atoms with Crippen LogP contribution < -0.4 is 9.47 Å². The van der Waals surface area contributed by atoms with E-state index < -0.39 is 0 Å². The Kier molecular flexibility index (Phi) is 3.39. The molecule has 0 aliphatic heterocycles. The van der Waals surface area contributed by atoms with Gasteiger partial charge in [-0.25, -0.2) is 4.98 Å². The van der Waals surface area contributed by atoms with Gasteiger partial charge < -0.3 is 9.47 Å². The predicted octanol–water partition coefficient (Wildman–Crippen LogP) is 4.08. The number of halogens is 1. The fraction of sp³-hybridized carbons (Fsp3) is 0.0667. The van der Waals surface area contributed by atoms with Crippen molar-refractivity contribution in [2.24, 2.45) is 0 Å². The van der Waals surface area contributed by atoms with E-state index in [4.69, 9.17) is 21.1 Å². The molecular formula is C15H11ClN2O2. The van der Waals surface area contributed by atoms with E-state index in [1.165, 1.54) is 0 Å². The van der Waals surface area contributed by atoms with Crippen LogP contribution in [-0.4, -0.2) is 17.1 Å². The lowest BCUT2D eigenvalue weighted by atomic mass is 10.1. The van der Waals surface area contributed by atoms with E-state index in [1.54, 1.807) is 31.5 Å². The largest absolute Gasteiger partial charge is 0.481 e. The van der Waals surface area contributed by atoms with Gasteiger partial charge in [-0.05, 0) is 12.1 Å². The molecule has 0 bridgehead atoms. The van der Waals surface area contributed by atoms with Gasteiger partial charge in [0.15, 0.2) is 0 Å². The van der Waals surface area contributed by atoms with Crippen molar-refractivity contribution < 1.29 is 9.47 Å². The minimum absolute atomic E-state index is 0.233. The smallest absolute Gasteiger partial charge is 0.325 e. The molecule has 0 spiro atoms. The van der Waals surface area contributed by atoms with E-state index >= 15 is 0 Å². The van der Waals surface area contributed by atoms with Gasteiger partial charge in [0.2, 0.25) is 5.88 Å². The quantitative estimate of drug-likeness (QED) is 0.727. The van der Waals surface area contributed by atoms with E-state index in [2.05, 4.69) is 9.97 Å². The monoisotopic (exact) mass is 286 g/mol. The lowest BCUT2D eigenvalue weighted by Gasteiger charge is -2.09. The van der Waals surface area contributed by atoms with Crippen LogP contribution in [-0.2, 0) is 0 Å². The molecule has 5 heteroatoms. The van der Waals surface area contributed by atoms with Crippen LogP contribution in [0, 0.1) is 0 Å². The van der Waals surface area contributed by atoms with E-state index in [1.807, 2.05) is 24.3 Å². The SMILES string of the molecule is COc1ccnc(Oc2ccc(Cl)c3ccccc23)n1. The van der Waals surface area contributed by atoms with Gasteiger partial charge in [-0.15, -0.1) is 0 Å². The summed E-state index contributed by atoms with van der Waals surface area (Å²) < 4.78 is 10.8. The number of nitrogens with zero attached hydrogens (tertiary/aromatic N) is 2. The van der Waals surface area contributed by atoms with Gasteiger partial charge >= 0.3 is 6.01 Å². The molecular weight excluding hydrogens is 276 g/mol. The summed E-state index contributed by atoms with van der Waals surface area (Å²) >= 11 is 6.17. The fourth-order valence-electron chi connectivity index (χ4n) is 1.91. The fourth-order valence-corrected chi connectivity index (χ4v) is 2.14. The van der Waals surface area contributed by atoms with Crippen LogP contribution in [0.4, 0.5) is 0 Å². The molecule has 2 aromatic carbocycles. The van der Waals surface area contributed by atoms with Crippen molar-refractivity contribution in [3.05, 3.63) is 53.7 Å². The average Bonchev–Trinajstić information content (AvgIpc) is 2.51. The molecule has 0 N–H and O–H groups in total. The molecule has 0 saturated carbocycles. The van der Waals surface area contributed by atoms with E-state index in [-0.39, 0.29) is 6.01 Å². The normalized spacial score (nSPS) is 10.5. The highest BCUT2D eigenvalue weighted by Gasteiger charge is 2.08. The number of hydrogen-bond donors (Lipinski definition) is 0. The zero-order chi connectivity index (χ0) is 13.9. The van der Waals surface area contributed by atoms with Crippen molar-refractivity contribution in [2.45, 2.75) is 0 Å². The summed E-state index contributed by atoms with van der Waals surface area (Å²) in [7, 11) is 1.55. The second kappa shape index (κ2) is 5.35. The Morgan fingerprint density at radius 1 is 1.00 bits per heavy atom. The van der Waals surface area contributed by atoms with Crippen LogP contribution >= 0.6 is 11.6 Å². The molecule has 0 radical (unpaired) electrons. The lowest BCUT2D eigenvalue weighted by molar-refractivity contribution is 0.377. The van der Waals surface area contributed by atoms with Gasteiger partial charge in [-0.1, -0.05) is 35.9 Å². The highest BCUT2D eigenvalue weighted by molar-refractivity contribution is 6.35. The first-order chi connectivity index (χ1) is 9.78. The molecule has 0 unspecified atom stereocenters. The Balaban J connectivity index is 2.04.